The quantitative estimate of drug-likeness (QED) is 0.616. The molecule has 1 aliphatic carbocycles. The Bertz CT molecular complexity index is 385. The Labute approximate surface area is 120 Å². The molecule has 1 heterocycles. The number of aliphatic carboxylic acids is 1. The van der Waals surface area contributed by atoms with Crippen molar-refractivity contribution in [1.29, 1.82) is 0 Å². The van der Waals surface area contributed by atoms with Gasteiger partial charge < -0.3 is 15.3 Å². The van der Waals surface area contributed by atoms with Crippen molar-refractivity contribution in [2.45, 2.75) is 44.9 Å². The van der Waals surface area contributed by atoms with Crippen LogP contribution in [0.3, 0.4) is 0 Å². The standard InChI is InChI=1S/C15H24N2O3/c18-13(19)15(8-4-1-2-5-9-15)12-16-14(20)17-10-6-3-7-11-17/h3,6H,1-2,4-5,7-12H2,(H,16,20)(H,18,19). The predicted octanol–water partition coefficient (Wildman–Crippen LogP) is 2.38. The van der Waals surface area contributed by atoms with Crippen LogP contribution in [-0.2, 0) is 4.79 Å². The molecule has 112 valence electrons. The minimum Gasteiger partial charge on any atom is -0.481 e. The summed E-state index contributed by atoms with van der Waals surface area (Å²) < 4.78 is 0. The van der Waals surface area contributed by atoms with Gasteiger partial charge in [0.05, 0.1) is 5.41 Å². The summed E-state index contributed by atoms with van der Waals surface area (Å²) in [6, 6.07) is -0.140. The summed E-state index contributed by atoms with van der Waals surface area (Å²) in [4.78, 5) is 25.4. The second kappa shape index (κ2) is 6.77. The lowest BCUT2D eigenvalue weighted by Gasteiger charge is -2.30. The zero-order chi connectivity index (χ0) is 14.4. The van der Waals surface area contributed by atoms with Gasteiger partial charge in [-0.25, -0.2) is 4.79 Å². The topological polar surface area (TPSA) is 69.6 Å². The summed E-state index contributed by atoms with van der Waals surface area (Å²) in [5.74, 6) is -0.766. The molecule has 1 aliphatic heterocycles. The van der Waals surface area contributed by atoms with E-state index in [1.165, 1.54) is 0 Å². The zero-order valence-corrected chi connectivity index (χ0v) is 11.9. The molecular formula is C15H24N2O3. The first kappa shape index (κ1) is 14.9. The summed E-state index contributed by atoms with van der Waals surface area (Å²) in [6.07, 6.45) is 10.3. The molecule has 2 aliphatic rings. The molecule has 0 atom stereocenters. The maximum atomic E-state index is 12.1. The van der Waals surface area contributed by atoms with E-state index in [4.69, 9.17) is 0 Å². The lowest BCUT2D eigenvalue weighted by atomic mass is 9.80. The molecule has 0 saturated heterocycles. The Hall–Kier alpha value is -1.52. The van der Waals surface area contributed by atoms with E-state index in [2.05, 4.69) is 11.4 Å². The molecule has 0 spiro atoms. The summed E-state index contributed by atoms with van der Waals surface area (Å²) >= 11 is 0. The fourth-order valence-electron chi connectivity index (χ4n) is 3.05. The SMILES string of the molecule is O=C(NCC1(C(=O)O)CCCCCC1)N1CC=CCC1. The highest BCUT2D eigenvalue weighted by atomic mass is 16.4. The fraction of sp³-hybridized carbons (Fsp3) is 0.733. The smallest absolute Gasteiger partial charge is 0.317 e. The first-order valence-electron chi connectivity index (χ1n) is 7.55. The van der Waals surface area contributed by atoms with Crippen molar-refractivity contribution in [2.24, 2.45) is 5.41 Å². The van der Waals surface area contributed by atoms with Crippen molar-refractivity contribution in [1.82, 2.24) is 10.2 Å². The number of urea groups is 1. The summed E-state index contributed by atoms with van der Waals surface area (Å²) in [6.45, 7) is 1.58. The van der Waals surface area contributed by atoms with Crippen LogP contribution in [0.1, 0.15) is 44.9 Å². The van der Waals surface area contributed by atoms with Gasteiger partial charge in [0.25, 0.3) is 0 Å². The van der Waals surface area contributed by atoms with E-state index in [9.17, 15) is 14.7 Å². The van der Waals surface area contributed by atoms with Gasteiger partial charge in [0.2, 0.25) is 0 Å². The van der Waals surface area contributed by atoms with E-state index in [-0.39, 0.29) is 12.6 Å². The van der Waals surface area contributed by atoms with Crippen LogP contribution in [-0.4, -0.2) is 41.6 Å². The van der Waals surface area contributed by atoms with E-state index < -0.39 is 11.4 Å². The van der Waals surface area contributed by atoms with Gasteiger partial charge in [0, 0.05) is 19.6 Å². The van der Waals surface area contributed by atoms with E-state index in [1.807, 2.05) is 6.08 Å². The molecule has 5 nitrogen and oxygen atoms in total. The molecule has 0 aromatic heterocycles. The molecule has 2 N–H and O–H groups in total. The molecule has 0 aromatic carbocycles. The maximum absolute atomic E-state index is 12.1. The van der Waals surface area contributed by atoms with Gasteiger partial charge in [0.15, 0.2) is 0 Å². The van der Waals surface area contributed by atoms with Crippen LogP contribution in [0.5, 0.6) is 0 Å². The van der Waals surface area contributed by atoms with Gasteiger partial charge in [-0.3, -0.25) is 4.79 Å². The number of nitrogens with one attached hydrogen (secondary N) is 1. The molecule has 20 heavy (non-hydrogen) atoms. The Kier molecular flexibility index (Phi) is 5.04. The third kappa shape index (κ3) is 3.52. The molecule has 5 heteroatoms. The van der Waals surface area contributed by atoms with Crippen LogP contribution < -0.4 is 5.32 Å². The number of carboxylic acids is 1. The monoisotopic (exact) mass is 280 g/mol. The summed E-state index contributed by atoms with van der Waals surface area (Å²) in [7, 11) is 0. The van der Waals surface area contributed by atoms with Crippen molar-refractivity contribution in [3.05, 3.63) is 12.2 Å². The van der Waals surface area contributed by atoms with Crippen LogP contribution in [0.2, 0.25) is 0 Å². The average Bonchev–Trinajstić information content (AvgIpc) is 2.72. The minimum atomic E-state index is -0.766. The Morgan fingerprint density at radius 2 is 1.85 bits per heavy atom. The molecule has 0 radical (unpaired) electrons. The highest BCUT2D eigenvalue weighted by Gasteiger charge is 2.39. The van der Waals surface area contributed by atoms with Gasteiger partial charge in [-0.05, 0) is 19.3 Å². The second-order valence-electron chi connectivity index (χ2n) is 5.86. The van der Waals surface area contributed by atoms with Crippen LogP contribution in [0.25, 0.3) is 0 Å². The van der Waals surface area contributed by atoms with Crippen molar-refractivity contribution in [3.63, 3.8) is 0 Å². The number of hydrogen-bond donors (Lipinski definition) is 2. The normalized spacial score (nSPS) is 22.1. The number of carbonyl (C=O) groups excluding carboxylic acids is 1. The van der Waals surface area contributed by atoms with Crippen LogP contribution in [0.15, 0.2) is 12.2 Å². The maximum Gasteiger partial charge on any atom is 0.317 e. The molecule has 0 bridgehead atoms. The zero-order valence-electron chi connectivity index (χ0n) is 11.9. The molecule has 0 unspecified atom stereocenters. The Balaban J connectivity index is 1.92. The molecule has 1 saturated carbocycles. The van der Waals surface area contributed by atoms with E-state index in [0.29, 0.717) is 25.9 Å². The van der Waals surface area contributed by atoms with Crippen LogP contribution in [0.4, 0.5) is 4.79 Å². The third-order valence-corrected chi connectivity index (χ3v) is 4.44. The highest BCUT2D eigenvalue weighted by Crippen LogP contribution is 2.34. The van der Waals surface area contributed by atoms with E-state index in [1.54, 1.807) is 4.90 Å². The summed E-state index contributed by atoms with van der Waals surface area (Å²) in [5, 5.41) is 12.4. The highest BCUT2D eigenvalue weighted by molar-refractivity contribution is 5.78. The van der Waals surface area contributed by atoms with Crippen molar-refractivity contribution in [2.75, 3.05) is 19.6 Å². The number of carbonyl (C=O) groups is 2. The lowest BCUT2D eigenvalue weighted by Crippen LogP contribution is -2.48. The molecule has 1 fully saturated rings. The average molecular weight is 280 g/mol. The first-order chi connectivity index (χ1) is 9.64. The van der Waals surface area contributed by atoms with E-state index in [0.717, 1.165) is 32.1 Å². The van der Waals surface area contributed by atoms with Crippen molar-refractivity contribution in [3.8, 4) is 0 Å². The number of rotatable bonds is 3. The van der Waals surface area contributed by atoms with Crippen LogP contribution in [0, 0.1) is 5.41 Å². The van der Waals surface area contributed by atoms with E-state index >= 15 is 0 Å². The second-order valence-corrected chi connectivity index (χ2v) is 5.86. The lowest BCUT2D eigenvalue weighted by molar-refractivity contribution is -0.149. The van der Waals surface area contributed by atoms with Gasteiger partial charge >= 0.3 is 12.0 Å². The van der Waals surface area contributed by atoms with Crippen molar-refractivity contribution < 1.29 is 14.7 Å². The van der Waals surface area contributed by atoms with Gasteiger partial charge in [-0.1, -0.05) is 37.8 Å². The molecular weight excluding hydrogens is 256 g/mol. The summed E-state index contributed by atoms with van der Waals surface area (Å²) in [5.41, 5.74) is -0.766. The minimum absolute atomic E-state index is 0.140. The van der Waals surface area contributed by atoms with Gasteiger partial charge in [-0.2, -0.15) is 0 Å². The predicted molar refractivity (Wildman–Crippen MR) is 76.5 cm³/mol. The van der Waals surface area contributed by atoms with Crippen LogP contribution >= 0.6 is 0 Å². The van der Waals surface area contributed by atoms with Gasteiger partial charge in [-0.15, -0.1) is 0 Å². The Morgan fingerprint density at radius 1 is 1.15 bits per heavy atom. The van der Waals surface area contributed by atoms with Crippen molar-refractivity contribution >= 4 is 12.0 Å². The number of amides is 2. The fourth-order valence-corrected chi connectivity index (χ4v) is 3.05. The van der Waals surface area contributed by atoms with Gasteiger partial charge in [0.1, 0.15) is 0 Å². The molecule has 0 aromatic rings. The molecule has 2 amide bonds. The molecule has 2 rings (SSSR count). The largest absolute Gasteiger partial charge is 0.481 e. The Morgan fingerprint density at radius 3 is 2.40 bits per heavy atom. The third-order valence-electron chi connectivity index (χ3n) is 4.44. The number of hydrogen-bond acceptors (Lipinski definition) is 2. The first-order valence-corrected chi connectivity index (χ1v) is 7.55. The number of nitrogens with zero attached hydrogens (tertiary/aromatic N) is 1. The number of carboxylic acid groups (broad SMARTS) is 1.